The second kappa shape index (κ2) is 10.3. The van der Waals surface area contributed by atoms with Gasteiger partial charge in [-0.05, 0) is 42.0 Å². The third kappa shape index (κ3) is 4.92. The first-order valence-electron chi connectivity index (χ1n) is 11.7. The number of fused-ring (bicyclic) bond motifs is 3. The van der Waals surface area contributed by atoms with Crippen molar-refractivity contribution in [3.63, 3.8) is 0 Å². The number of alkyl carbamates (subject to hydrolysis) is 1. The average molecular weight is 467 g/mol. The molecule has 0 heterocycles. The number of hydroxylamine groups is 1. The summed E-state index contributed by atoms with van der Waals surface area (Å²) in [6.07, 6.45) is 2.09. The third-order valence-corrected chi connectivity index (χ3v) is 6.88. The van der Waals surface area contributed by atoms with Crippen molar-refractivity contribution in [3.05, 3.63) is 59.7 Å². The molecule has 8 nitrogen and oxygen atoms in total. The normalized spacial score (nSPS) is 17.2. The van der Waals surface area contributed by atoms with E-state index in [1.807, 2.05) is 24.3 Å². The van der Waals surface area contributed by atoms with Crippen LogP contribution >= 0.6 is 0 Å². The van der Waals surface area contributed by atoms with Gasteiger partial charge in [-0.25, -0.2) is 15.1 Å². The standard InChI is InChI=1S/C26H30N2O6/c1-17(23(29)30)34-28-24(31)26(13-7-2-8-14-26)16-27-25(32)33-15-22-20-11-5-3-9-18(20)19-10-4-6-12-21(19)22/h3-6,9-12,17,22H,2,7-8,13-16H2,1H3,(H,27,32)(H,28,31)(H,29,30). The molecule has 2 aromatic rings. The molecule has 1 saturated carbocycles. The summed E-state index contributed by atoms with van der Waals surface area (Å²) in [5.41, 5.74) is 5.99. The first kappa shape index (κ1) is 23.8. The number of nitrogens with one attached hydrogen (secondary N) is 2. The number of ether oxygens (including phenoxy) is 1. The van der Waals surface area contributed by atoms with E-state index in [0.29, 0.717) is 12.8 Å². The van der Waals surface area contributed by atoms with Crippen LogP contribution in [0.5, 0.6) is 0 Å². The molecule has 34 heavy (non-hydrogen) atoms. The van der Waals surface area contributed by atoms with Crippen LogP contribution in [0.3, 0.4) is 0 Å². The predicted molar refractivity (Wildman–Crippen MR) is 125 cm³/mol. The molecule has 8 heteroatoms. The Hall–Kier alpha value is -3.39. The molecule has 2 aromatic carbocycles. The number of hydrogen-bond donors (Lipinski definition) is 3. The predicted octanol–water partition coefficient (Wildman–Crippen LogP) is 4.00. The van der Waals surface area contributed by atoms with E-state index in [-0.39, 0.29) is 19.1 Å². The van der Waals surface area contributed by atoms with Crippen LogP contribution < -0.4 is 10.8 Å². The van der Waals surface area contributed by atoms with Crippen molar-refractivity contribution in [1.29, 1.82) is 0 Å². The van der Waals surface area contributed by atoms with Gasteiger partial charge in [0, 0.05) is 12.5 Å². The van der Waals surface area contributed by atoms with E-state index in [4.69, 9.17) is 14.7 Å². The quantitative estimate of drug-likeness (QED) is 0.507. The Labute approximate surface area is 198 Å². The fourth-order valence-corrected chi connectivity index (χ4v) is 4.90. The third-order valence-electron chi connectivity index (χ3n) is 6.88. The lowest BCUT2D eigenvalue weighted by Crippen LogP contribution is -2.50. The number of benzene rings is 2. The Kier molecular flexibility index (Phi) is 7.17. The summed E-state index contributed by atoms with van der Waals surface area (Å²) < 4.78 is 5.59. The van der Waals surface area contributed by atoms with Crippen LogP contribution in [-0.2, 0) is 19.2 Å². The number of carbonyl (C=O) groups excluding carboxylic acids is 2. The lowest BCUT2D eigenvalue weighted by atomic mass is 9.73. The summed E-state index contributed by atoms with van der Waals surface area (Å²) in [5, 5.41) is 11.7. The zero-order valence-electron chi connectivity index (χ0n) is 19.2. The zero-order chi connectivity index (χ0) is 24.1. The van der Waals surface area contributed by atoms with Crippen LogP contribution in [0.1, 0.15) is 56.1 Å². The average Bonchev–Trinajstić information content (AvgIpc) is 3.18. The van der Waals surface area contributed by atoms with E-state index in [9.17, 15) is 14.4 Å². The Morgan fingerprint density at radius 2 is 1.59 bits per heavy atom. The molecule has 0 aliphatic heterocycles. The van der Waals surface area contributed by atoms with Gasteiger partial charge in [-0.1, -0.05) is 67.8 Å². The van der Waals surface area contributed by atoms with Crippen molar-refractivity contribution < 1.29 is 29.1 Å². The fourth-order valence-electron chi connectivity index (χ4n) is 4.90. The molecular formula is C26H30N2O6. The SMILES string of the molecule is CC(ONC(=O)C1(CNC(=O)OCC2c3ccccc3-c3ccccc32)CCCCC1)C(=O)O. The van der Waals surface area contributed by atoms with Gasteiger partial charge in [-0.15, -0.1) is 0 Å². The summed E-state index contributed by atoms with van der Waals surface area (Å²) in [4.78, 5) is 41.4. The minimum atomic E-state index is -1.17. The molecule has 3 N–H and O–H groups in total. The Morgan fingerprint density at radius 1 is 1.00 bits per heavy atom. The topological polar surface area (TPSA) is 114 Å². The zero-order valence-corrected chi connectivity index (χ0v) is 19.2. The maximum absolute atomic E-state index is 12.9. The first-order valence-corrected chi connectivity index (χ1v) is 11.7. The van der Waals surface area contributed by atoms with Gasteiger partial charge in [-0.3, -0.25) is 9.63 Å². The highest BCUT2D eigenvalue weighted by Crippen LogP contribution is 2.44. The van der Waals surface area contributed by atoms with E-state index in [1.165, 1.54) is 6.92 Å². The summed E-state index contributed by atoms with van der Waals surface area (Å²) in [6.45, 7) is 1.63. The monoisotopic (exact) mass is 466 g/mol. The van der Waals surface area contributed by atoms with Crippen molar-refractivity contribution in [1.82, 2.24) is 10.8 Å². The molecule has 180 valence electrons. The second-order valence-electron chi connectivity index (χ2n) is 9.05. The number of carbonyl (C=O) groups is 3. The largest absolute Gasteiger partial charge is 0.479 e. The highest BCUT2D eigenvalue weighted by atomic mass is 16.7. The van der Waals surface area contributed by atoms with E-state index in [1.54, 1.807) is 0 Å². The summed E-state index contributed by atoms with van der Waals surface area (Å²) >= 11 is 0. The van der Waals surface area contributed by atoms with Gasteiger partial charge in [0.05, 0.1) is 5.41 Å². The number of aliphatic carboxylic acids is 1. The van der Waals surface area contributed by atoms with Crippen LogP contribution in [0.25, 0.3) is 11.1 Å². The highest BCUT2D eigenvalue weighted by molar-refractivity contribution is 5.83. The molecule has 0 saturated heterocycles. The van der Waals surface area contributed by atoms with Gasteiger partial charge in [0.1, 0.15) is 6.61 Å². The molecule has 1 atom stereocenters. The van der Waals surface area contributed by atoms with Gasteiger partial charge in [-0.2, -0.15) is 0 Å². The molecule has 0 radical (unpaired) electrons. The Bertz CT molecular complexity index is 1020. The van der Waals surface area contributed by atoms with E-state index in [2.05, 4.69) is 35.1 Å². The van der Waals surface area contributed by atoms with Gasteiger partial charge in [0.2, 0.25) is 0 Å². The van der Waals surface area contributed by atoms with E-state index < -0.39 is 29.5 Å². The fraction of sp³-hybridized carbons (Fsp3) is 0.423. The molecule has 0 spiro atoms. The summed E-state index contributed by atoms with van der Waals surface area (Å²) in [6, 6.07) is 16.2. The smallest absolute Gasteiger partial charge is 0.407 e. The minimum Gasteiger partial charge on any atom is -0.479 e. The van der Waals surface area contributed by atoms with Gasteiger partial charge < -0.3 is 15.2 Å². The van der Waals surface area contributed by atoms with E-state index >= 15 is 0 Å². The summed E-state index contributed by atoms with van der Waals surface area (Å²) in [7, 11) is 0. The number of rotatable bonds is 8. The minimum absolute atomic E-state index is 0.0454. The van der Waals surface area contributed by atoms with Crippen molar-refractivity contribution >= 4 is 18.0 Å². The molecule has 2 amide bonds. The number of hydrogen-bond acceptors (Lipinski definition) is 5. The summed E-state index contributed by atoms with van der Waals surface area (Å²) in [5.74, 6) is -1.63. The number of carboxylic acids is 1. The molecule has 1 fully saturated rings. The molecule has 2 aliphatic carbocycles. The molecular weight excluding hydrogens is 436 g/mol. The van der Waals surface area contributed by atoms with Crippen molar-refractivity contribution in [2.45, 2.75) is 51.0 Å². The number of carboxylic acid groups (broad SMARTS) is 1. The maximum Gasteiger partial charge on any atom is 0.407 e. The molecule has 0 bridgehead atoms. The Morgan fingerprint density at radius 3 is 2.18 bits per heavy atom. The van der Waals surface area contributed by atoms with Crippen LogP contribution in [-0.4, -0.2) is 42.3 Å². The molecule has 2 aliphatic rings. The molecule has 1 unspecified atom stereocenters. The van der Waals surface area contributed by atoms with Gasteiger partial charge in [0.15, 0.2) is 6.10 Å². The second-order valence-corrected chi connectivity index (χ2v) is 9.05. The van der Waals surface area contributed by atoms with Crippen LogP contribution in [0.15, 0.2) is 48.5 Å². The van der Waals surface area contributed by atoms with Crippen LogP contribution in [0.2, 0.25) is 0 Å². The van der Waals surface area contributed by atoms with Gasteiger partial charge in [0.25, 0.3) is 5.91 Å². The van der Waals surface area contributed by atoms with Crippen LogP contribution in [0, 0.1) is 5.41 Å². The van der Waals surface area contributed by atoms with Crippen LogP contribution in [0.4, 0.5) is 4.79 Å². The lowest BCUT2D eigenvalue weighted by molar-refractivity contribution is -0.163. The van der Waals surface area contributed by atoms with Gasteiger partial charge >= 0.3 is 12.1 Å². The molecule has 4 rings (SSSR count). The lowest BCUT2D eigenvalue weighted by Gasteiger charge is -2.35. The Balaban J connectivity index is 1.37. The first-order chi connectivity index (χ1) is 16.4. The highest BCUT2D eigenvalue weighted by Gasteiger charge is 2.40. The maximum atomic E-state index is 12.9. The molecule has 0 aromatic heterocycles. The number of amides is 2. The van der Waals surface area contributed by atoms with Crippen molar-refractivity contribution in [2.24, 2.45) is 5.41 Å². The van der Waals surface area contributed by atoms with Crippen molar-refractivity contribution in [2.75, 3.05) is 13.2 Å². The van der Waals surface area contributed by atoms with E-state index in [0.717, 1.165) is 41.5 Å². The van der Waals surface area contributed by atoms with Crippen molar-refractivity contribution in [3.8, 4) is 11.1 Å².